The summed E-state index contributed by atoms with van der Waals surface area (Å²) in [7, 11) is -7.14. The third-order valence-corrected chi connectivity index (χ3v) is 6.03. The van der Waals surface area contributed by atoms with Crippen LogP contribution in [0.1, 0.15) is 34.1 Å². The molecule has 0 saturated carbocycles. The molecule has 0 rings (SSSR count). The fourth-order valence-electron chi connectivity index (χ4n) is 0.971. The Morgan fingerprint density at radius 2 is 1.12 bits per heavy atom. The topological polar surface area (TPSA) is 142 Å². The third-order valence-electron chi connectivity index (χ3n) is 2.24. The normalized spacial score (nSPS) is 13.8. The summed E-state index contributed by atoms with van der Waals surface area (Å²) in [5.41, 5.74) is 0. The van der Waals surface area contributed by atoms with Crippen LogP contribution in [0.25, 0.3) is 0 Å². The highest BCUT2D eigenvalue weighted by molar-refractivity contribution is 7.40. The number of carbonyl (C=O) groups is 1. The summed E-state index contributed by atoms with van der Waals surface area (Å²) in [6.45, 7) is 6.63. The van der Waals surface area contributed by atoms with E-state index in [2.05, 4.69) is 9.05 Å². The molecule has 26 heavy (non-hydrogen) atoms. The van der Waals surface area contributed by atoms with Crippen LogP contribution in [0.3, 0.4) is 0 Å². The highest BCUT2D eigenvalue weighted by atomic mass is 31.1. The highest BCUT2D eigenvalue weighted by Gasteiger charge is 2.33. The van der Waals surface area contributed by atoms with Crippen LogP contribution in [-0.2, 0) is 41.1 Å². The van der Waals surface area contributed by atoms with Crippen molar-refractivity contribution in [3.63, 3.8) is 0 Å². The summed E-state index contributed by atoms with van der Waals surface area (Å²) < 4.78 is 62.3. The standard InChI is InChI=1S/C7H13O6P2.C5H12O4P2/c1-3-14(10)12-7(5-6(8)9)13-15(11)4-2;1-3-10(6)8-5-9-11(7)4-2/h7H,3-5H2,1-2H3;3-5H2,1-2H3/q+1;+2/p+1. The molecule has 10 nitrogen and oxygen atoms in total. The van der Waals surface area contributed by atoms with Gasteiger partial charge in [-0.05, 0) is 46.0 Å². The van der Waals surface area contributed by atoms with Crippen LogP contribution in [0.15, 0.2) is 0 Å². The second-order valence-corrected chi connectivity index (χ2v) is 10.3. The highest BCUT2D eigenvalue weighted by Crippen LogP contribution is 2.32. The minimum atomic E-state index is -1.95. The van der Waals surface area contributed by atoms with Crippen LogP contribution in [-0.4, -0.2) is 48.8 Å². The lowest BCUT2D eigenvalue weighted by Crippen LogP contribution is -2.16. The summed E-state index contributed by atoms with van der Waals surface area (Å²) in [6.07, 6.45) is -0.226. The molecule has 4 atom stereocenters. The van der Waals surface area contributed by atoms with Crippen molar-refractivity contribution in [1.82, 2.24) is 0 Å². The fraction of sp³-hybridized carbons (Fsp3) is 0.917. The molecule has 0 aromatic heterocycles. The van der Waals surface area contributed by atoms with Gasteiger partial charge in [-0.3, -0.25) is 4.79 Å². The third kappa shape index (κ3) is 18.5. The van der Waals surface area contributed by atoms with Crippen molar-refractivity contribution in [3.05, 3.63) is 0 Å². The van der Waals surface area contributed by atoms with Crippen molar-refractivity contribution in [1.29, 1.82) is 0 Å². The van der Waals surface area contributed by atoms with Crippen LogP contribution in [0.2, 0.25) is 0 Å². The van der Waals surface area contributed by atoms with Crippen LogP contribution >= 0.6 is 32.1 Å². The second-order valence-electron chi connectivity index (χ2n) is 4.21. The molecule has 0 spiro atoms. The summed E-state index contributed by atoms with van der Waals surface area (Å²) in [6, 6.07) is 0. The number of rotatable bonds is 14. The summed E-state index contributed by atoms with van der Waals surface area (Å²) in [4.78, 5) is 10.4. The molecule has 150 valence electrons. The lowest BCUT2D eigenvalue weighted by molar-refractivity contribution is -0.142. The molecular weight excluding hydrogens is 428 g/mol. The number of aliphatic carboxylic acids is 1. The number of hydrogen-bond acceptors (Lipinski definition) is 9. The fourth-order valence-corrected chi connectivity index (χ4v) is 2.89. The van der Waals surface area contributed by atoms with Gasteiger partial charge in [-0.2, -0.15) is 0 Å². The first-order chi connectivity index (χ1) is 12.2. The van der Waals surface area contributed by atoms with Gasteiger partial charge in [-0.1, -0.05) is 0 Å². The van der Waals surface area contributed by atoms with E-state index in [-0.39, 0.29) is 19.1 Å². The molecule has 0 amide bonds. The van der Waals surface area contributed by atoms with Gasteiger partial charge in [0, 0.05) is 0 Å². The Kier molecular flexibility index (Phi) is 19.4. The van der Waals surface area contributed by atoms with Gasteiger partial charge in [0.05, 0.1) is 0 Å². The van der Waals surface area contributed by atoms with E-state index >= 15 is 0 Å². The molecule has 14 heteroatoms. The van der Waals surface area contributed by atoms with E-state index in [0.29, 0.717) is 12.3 Å². The van der Waals surface area contributed by atoms with Crippen molar-refractivity contribution < 1.29 is 46.3 Å². The van der Waals surface area contributed by atoms with Gasteiger partial charge < -0.3 is 5.11 Å². The van der Waals surface area contributed by atoms with Crippen LogP contribution in [0, 0.1) is 0 Å². The Morgan fingerprint density at radius 1 is 0.769 bits per heavy atom. The molecule has 0 aliphatic rings. The Bertz CT molecular complexity index is 451. The Balaban J connectivity index is 0. The molecule has 0 aliphatic carbocycles. The number of hydrogen-bond donors (Lipinski definition) is 1. The molecular formula is C12H26O10P4+4. The minimum absolute atomic E-state index is 0.133. The smallest absolute Gasteiger partial charge is 0.481 e. The van der Waals surface area contributed by atoms with Crippen molar-refractivity contribution in [2.24, 2.45) is 0 Å². The van der Waals surface area contributed by atoms with E-state index in [0.717, 1.165) is 0 Å². The first kappa shape index (κ1) is 27.9. The lowest BCUT2D eigenvalue weighted by atomic mass is 10.4. The maximum absolute atomic E-state index is 11.0. The minimum Gasteiger partial charge on any atom is -0.481 e. The van der Waals surface area contributed by atoms with E-state index < -0.39 is 50.8 Å². The second kappa shape index (κ2) is 18.1. The van der Waals surface area contributed by atoms with E-state index in [9.17, 15) is 23.1 Å². The molecule has 0 bridgehead atoms. The first-order valence-corrected chi connectivity index (χ1v) is 13.2. The first-order valence-electron chi connectivity index (χ1n) is 7.79. The van der Waals surface area contributed by atoms with Crippen LogP contribution in [0.5, 0.6) is 0 Å². The van der Waals surface area contributed by atoms with Crippen molar-refractivity contribution in [3.8, 4) is 0 Å². The van der Waals surface area contributed by atoms with Crippen LogP contribution in [0.4, 0.5) is 0 Å². The van der Waals surface area contributed by atoms with Crippen LogP contribution < -0.4 is 0 Å². The van der Waals surface area contributed by atoms with Gasteiger partial charge in [-0.25, -0.2) is 0 Å². The molecule has 0 aromatic carbocycles. The van der Waals surface area contributed by atoms with E-state index in [1.165, 1.54) is 0 Å². The zero-order valence-corrected chi connectivity index (χ0v) is 18.8. The monoisotopic (exact) mass is 454 g/mol. The number of carboxylic acid groups (broad SMARTS) is 1. The molecule has 4 unspecified atom stereocenters. The maximum Gasteiger partial charge on any atom is 0.510 e. The number of carboxylic acids is 1. The van der Waals surface area contributed by atoms with Gasteiger partial charge in [0.1, 0.15) is 6.42 Å². The quantitative estimate of drug-likeness (QED) is 0.286. The van der Waals surface area contributed by atoms with Gasteiger partial charge in [-0.15, -0.1) is 18.1 Å². The maximum atomic E-state index is 11.0. The molecule has 0 fully saturated rings. The Morgan fingerprint density at radius 3 is 1.38 bits per heavy atom. The molecule has 0 aliphatic heterocycles. The van der Waals surface area contributed by atoms with Crippen molar-refractivity contribution in [2.45, 2.75) is 40.4 Å². The van der Waals surface area contributed by atoms with Gasteiger partial charge >= 0.3 is 38.1 Å². The average Bonchev–Trinajstić information content (AvgIpc) is 2.60. The van der Waals surface area contributed by atoms with Gasteiger partial charge in [0.15, 0.2) is 24.6 Å². The van der Waals surface area contributed by atoms with Crippen molar-refractivity contribution in [2.75, 3.05) is 31.4 Å². The predicted octanol–water partition coefficient (Wildman–Crippen LogP) is 4.85. The van der Waals surface area contributed by atoms with Crippen molar-refractivity contribution >= 4 is 38.1 Å². The Hall–Kier alpha value is -0.290. The zero-order valence-electron chi connectivity index (χ0n) is 15.2. The van der Waals surface area contributed by atoms with E-state index in [1.807, 2.05) is 0 Å². The van der Waals surface area contributed by atoms with E-state index in [4.69, 9.17) is 14.2 Å². The zero-order chi connectivity index (χ0) is 20.5. The molecule has 0 radical (unpaired) electrons. The average molecular weight is 454 g/mol. The molecule has 0 heterocycles. The molecule has 1 N–H and O–H groups in total. The van der Waals surface area contributed by atoms with E-state index in [1.54, 1.807) is 27.7 Å². The SMILES string of the molecule is CC[P+](=O)OC(CC(=O)O)O[P+](=O)CC.CC[P+](=O)OCO[P+](=O)CC. The largest absolute Gasteiger partial charge is 0.510 e. The van der Waals surface area contributed by atoms with Gasteiger partial charge in [0.2, 0.25) is 0 Å². The summed E-state index contributed by atoms with van der Waals surface area (Å²) >= 11 is 0. The summed E-state index contributed by atoms with van der Waals surface area (Å²) in [5.74, 6) is -1.15. The molecule has 0 saturated heterocycles. The summed E-state index contributed by atoms with van der Waals surface area (Å²) in [5, 5.41) is 8.51. The predicted molar refractivity (Wildman–Crippen MR) is 97.8 cm³/mol. The van der Waals surface area contributed by atoms with Gasteiger partial charge in [0.25, 0.3) is 13.1 Å². The molecule has 0 aromatic rings. The lowest BCUT2D eigenvalue weighted by Gasteiger charge is -2.00. The Labute approximate surface area is 156 Å².